The van der Waals surface area contributed by atoms with Crippen molar-refractivity contribution < 1.29 is 19.4 Å². The van der Waals surface area contributed by atoms with E-state index in [1.165, 1.54) is 0 Å². The van der Waals surface area contributed by atoms with E-state index in [1.807, 2.05) is 44.3 Å². The number of morpholine rings is 1. The van der Waals surface area contributed by atoms with E-state index in [2.05, 4.69) is 5.10 Å². The van der Waals surface area contributed by atoms with Gasteiger partial charge in [-0.1, -0.05) is 30.3 Å². The number of benzene rings is 1. The molecule has 1 amide bonds. The van der Waals surface area contributed by atoms with Crippen molar-refractivity contribution >= 4 is 22.9 Å². The second kappa shape index (κ2) is 7.63. The molecule has 0 saturated carbocycles. The fourth-order valence-corrected chi connectivity index (χ4v) is 3.76. The van der Waals surface area contributed by atoms with Crippen LogP contribution in [0.5, 0.6) is 0 Å². The van der Waals surface area contributed by atoms with Crippen LogP contribution >= 0.6 is 0 Å². The largest absolute Gasteiger partial charge is 0.481 e. The van der Waals surface area contributed by atoms with Gasteiger partial charge in [-0.15, -0.1) is 0 Å². The molecule has 29 heavy (non-hydrogen) atoms. The number of carbonyl (C=O) groups is 2. The van der Waals surface area contributed by atoms with Crippen LogP contribution in [0.4, 0.5) is 0 Å². The number of amides is 1. The van der Waals surface area contributed by atoms with Gasteiger partial charge in [-0.2, -0.15) is 5.10 Å². The molecule has 1 aliphatic heterocycles. The summed E-state index contributed by atoms with van der Waals surface area (Å²) in [7, 11) is 1.81. The van der Waals surface area contributed by atoms with Gasteiger partial charge in [-0.05, 0) is 13.0 Å². The molecule has 0 aliphatic carbocycles. The van der Waals surface area contributed by atoms with Crippen LogP contribution in [0.15, 0.2) is 36.4 Å². The van der Waals surface area contributed by atoms with E-state index in [-0.39, 0.29) is 18.9 Å². The number of carboxylic acid groups (broad SMARTS) is 1. The Morgan fingerprint density at radius 3 is 2.76 bits per heavy atom. The summed E-state index contributed by atoms with van der Waals surface area (Å²) in [6, 6.07) is 11.5. The topological polar surface area (TPSA) is 97.5 Å². The maximum atomic E-state index is 13.4. The maximum Gasteiger partial charge on any atom is 0.306 e. The molecule has 1 N–H and O–H groups in total. The van der Waals surface area contributed by atoms with Crippen LogP contribution in [0, 0.1) is 6.92 Å². The lowest BCUT2D eigenvalue weighted by molar-refractivity contribution is -0.141. The Morgan fingerprint density at radius 2 is 2.03 bits per heavy atom. The van der Waals surface area contributed by atoms with Crippen molar-refractivity contribution in [3.63, 3.8) is 0 Å². The first-order chi connectivity index (χ1) is 13.9. The van der Waals surface area contributed by atoms with Crippen LogP contribution in [0.3, 0.4) is 0 Å². The zero-order valence-electron chi connectivity index (χ0n) is 16.3. The normalized spacial score (nSPS) is 16.9. The van der Waals surface area contributed by atoms with Gasteiger partial charge in [0.1, 0.15) is 0 Å². The highest BCUT2D eigenvalue weighted by Crippen LogP contribution is 2.28. The van der Waals surface area contributed by atoms with E-state index in [0.717, 1.165) is 16.6 Å². The fourth-order valence-electron chi connectivity index (χ4n) is 3.76. The summed E-state index contributed by atoms with van der Waals surface area (Å²) in [6.45, 7) is 2.83. The standard InChI is InChI=1S/C21H22N4O4/c1-13-19-16(21(28)25-8-9-29-15(12-25)10-18(26)27)11-17(14-6-4-3-5-7-14)22-20(19)24(2)23-13/h3-7,11,15H,8-10,12H2,1-2H3,(H,26,27). The molecule has 1 aliphatic rings. The molecule has 0 spiro atoms. The zero-order chi connectivity index (χ0) is 20.5. The summed E-state index contributed by atoms with van der Waals surface area (Å²) in [5.74, 6) is -1.10. The molecule has 0 bridgehead atoms. The molecule has 8 nitrogen and oxygen atoms in total. The Labute approximate surface area is 167 Å². The highest BCUT2D eigenvalue weighted by Gasteiger charge is 2.29. The lowest BCUT2D eigenvalue weighted by Gasteiger charge is -2.32. The van der Waals surface area contributed by atoms with Crippen molar-refractivity contribution in [1.29, 1.82) is 0 Å². The Morgan fingerprint density at radius 1 is 1.28 bits per heavy atom. The lowest BCUT2D eigenvalue weighted by atomic mass is 10.0. The van der Waals surface area contributed by atoms with Crippen molar-refractivity contribution in [2.24, 2.45) is 7.05 Å². The van der Waals surface area contributed by atoms with Crippen molar-refractivity contribution in [1.82, 2.24) is 19.7 Å². The summed E-state index contributed by atoms with van der Waals surface area (Å²) >= 11 is 0. The molecule has 3 aromatic rings. The van der Waals surface area contributed by atoms with Gasteiger partial charge < -0.3 is 14.7 Å². The van der Waals surface area contributed by atoms with Crippen LogP contribution < -0.4 is 0 Å². The van der Waals surface area contributed by atoms with Crippen molar-refractivity contribution in [3.05, 3.63) is 47.7 Å². The Hall–Kier alpha value is -3.26. The monoisotopic (exact) mass is 394 g/mol. The number of hydrogen-bond donors (Lipinski definition) is 1. The second-order valence-electron chi connectivity index (χ2n) is 7.17. The van der Waals surface area contributed by atoms with E-state index < -0.39 is 12.1 Å². The van der Waals surface area contributed by atoms with Crippen molar-refractivity contribution in [2.45, 2.75) is 19.4 Å². The van der Waals surface area contributed by atoms with Gasteiger partial charge in [0.2, 0.25) is 0 Å². The maximum absolute atomic E-state index is 13.4. The molecule has 1 atom stereocenters. The smallest absolute Gasteiger partial charge is 0.306 e. The lowest BCUT2D eigenvalue weighted by Crippen LogP contribution is -2.46. The first kappa shape index (κ1) is 19.1. The quantitative estimate of drug-likeness (QED) is 0.729. The SMILES string of the molecule is Cc1nn(C)c2nc(-c3ccccc3)cc(C(=O)N3CCOC(CC(=O)O)C3)c12. The molecule has 8 heteroatoms. The van der Waals surface area contributed by atoms with Gasteiger partial charge in [-0.3, -0.25) is 14.3 Å². The van der Waals surface area contributed by atoms with Crippen LogP contribution in [0.2, 0.25) is 0 Å². The number of fused-ring (bicyclic) bond motifs is 1. The van der Waals surface area contributed by atoms with Crippen molar-refractivity contribution in [2.75, 3.05) is 19.7 Å². The molecule has 1 aromatic carbocycles. The summed E-state index contributed by atoms with van der Waals surface area (Å²) in [4.78, 5) is 30.9. The number of ether oxygens (including phenoxy) is 1. The van der Waals surface area contributed by atoms with E-state index in [0.29, 0.717) is 30.1 Å². The number of carboxylic acids is 1. The molecular weight excluding hydrogens is 372 g/mol. The molecule has 1 unspecified atom stereocenters. The van der Waals surface area contributed by atoms with Gasteiger partial charge in [0, 0.05) is 25.7 Å². The Bertz CT molecular complexity index is 1080. The Kier molecular flexibility index (Phi) is 5.02. The van der Waals surface area contributed by atoms with Crippen LogP contribution in [-0.4, -0.2) is 62.4 Å². The van der Waals surface area contributed by atoms with Gasteiger partial charge in [0.05, 0.1) is 41.5 Å². The van der Waals surface area contributed by atoms with Crippen LogP contribution in [0.1, 0.15) is 22.5 Å². The summed E-state index contributed by atoms with van der Waals surface area (Å²) in [6.07, 6.45) is -0.636. The second-order valence-corrected chi connectivity index (χ2v) is 7.17. The number of aryl methyl sites for hydroxylation is 2. The van der Waals surface area contributed by atoms with Gasteiger partial charge >= 0.3 is 5.97 Å². The summed E-state index contributed by atoms with van der Waals surface area (Å²) in [5, 5.41) is 14.2. The average molecular weight is 394 g/mol. The minimum Gasteiger partial charge on any atom is -0.481 e. The number of hydrogen-bond acceptors (Lipinski definition) is 5. The van der Waals surface area contributed by atoms with Crippen LogP contribution in [-0.2, 0) is 16.6 Å². The number of aromatic nitrogens is 3. The van der Waals surface area contributed by atoms with E-state index in [4.69, 9.17) is 14.8 Å². The third-order valence-electron chi connectivity index (χ3n) is 5.10. The molecule has 150 valence electrons. The number of aliphatic carboxylic acids is 1. The number of nitrogens with zero attached hydrogens (tertiary/aromatic N) is 4. The zero-order valence-corrected chi connectivity index (χ0v) is 16.3. The molecular formula is C21H22N4O4. The first-order valence-electron chi connectivity index (χ1n) is 9.46. The van der Waals surface area contributed by atoms with Gasteiger partial charge in [0.25, 0.3) is 5.91 Å². The summed E-state index contributed by atoms with van der Waals surface area (Å²) < 4.78 is 7.19. The first-order valence-corrected chi connectivity index (χ1v) is 9.46. The predicted octanol–water partition coefficient (Wildman–Crippen LogP) is 2.26. The van der Waals surface area contributed by atoms with Gasteiger partial charge in [0.15, 0.2) is 5.65 Å². The molecule has 3 heterocycles. The number of carbonyl (C=O) groups excluding carboxylic acids is 1. The number of pyridine rings is 1. The Balaban J connectivity index is 1.77. The van der Waals surface area contributed by atoms with Crippen molar-refractivity contribution in [3.8, 4) is 11.3 Å². The molecule has 4 rings (SSSR count). The molecule has 0 radical (unpaired) electrons. The summed E-state index contributed by atoms with van der Waals surface area (Å²) in [5.41, 5.74) is 3.50. The fraction of sp³-hybridized carbons (Fsp3) is 0.333. The average Bonchev–Trinajstić information content (AvgIpc) is 3.01. The van der Waals surface area contributed by atoms with E-state index in [1.54, 1.807) is 15.6 Å². The van der Waals surface area contributed by atoms with Gasteiger partial charge in [-0.25, -0.2) is 4.98 Å². The molecule has 1 saturated heterocycles. The molecule has 1 fully saturated rings. The minimum atomic E-state index is -0.940. The number of rotatable bonds is 4. The highest BCUT2D eigenvalue weighted by molar-refractivity contribution is 6.07. The minimum absolute atomic E-state index is 0.128. The van der Waals surface area contributed by atoms with Crippen LogP contribution in [0.25, 0.3) is 22.3 Å². The van der Waals surface area contributed by atoms with E-state index in [9.17, 15) is 9.59 Å². The highest BCUT2D eigenvalue weighted by atomic mass is 16.5. The third kappa shape index (κ3) is 3.71. The third-order valence-corrected chi connectivity index (χ3v) is 5.10. The predicted molar refractivity (Wildman–Crippen MR) is 107 cm³/mol. The van der Waals surface area contributed by atoms with E-state index >= 15 is 0 Å². The molecule has 2 aromatic heterocycles.